The molecule has 1 fully saturated rings. The summed E-state index contributed by atoms with van der Waals surface area (Å²) in [5.41, 5.74) is 1.11. The zero-order valence-electron chi connectivity index (χ0n) is 9.86. The molecule has 1 heterocycles. The molecular weight excluding hydrogens is 224 g/mol. The van der Waals surface area contributed by atoms with Crippen molar-refractivity contribution in [2.45, 2.75) is 57.6 Å². The lowest BCUT2D eigenvalue weighted by Gasteiger charge is -2.27. The van der Waals surface area contributed by atoms with E-state index in [1.807, 2.05) is 4.68 Å². The molecule has 90 valence electrons. The fourth-order valence-electron chi connectivity index (χ4n) is 2.56. The van der Waals surface area contributed by atoms with E-state index in [-0.39, 0.29) is 6.10 Å². The molecule has 1 aromatic heterocycles. The SMILES string of the molecule is CC(C)n1ncc(Cl)c1C1CCCC(O)C1. The van der Waals surface area contributed by atoms with Crippen LogP contribution >= 0.6 is 11.6 Å². The van der Waals surface area contributed by atoms with Crippen LogP contribution in [0.1, 0.15) is 57.2 Å². The molecule has 0 bridgehead atoms. The number of halogens is 1. The van der Waals surface area contributed by atoms with Gasteiger partial charge in [-0.3, -0.25) is 4.68 Å². The van der Waals surface area contributed by atoms with Crippen LogP contribution in [0.4, 0.5) is 0 Å². The van der Waals surface area contributed by atoms with E-state index in [4.69, 9.17) is 11.6 Å². The van der Waals surface area contributed by atoms with Crippen LogP contribution in [-0.4, -0.2) is 21.0 Å². The maximum atomic E-state index is 9.73. The van der Waals surface area contributed by atoms with Crippen LogP contribution in [0.2, 0.25) is 5.02 Å². The van der Waals surface area contributed by atoms with Crippen molar-refractivity contribution in [3.8, 4) is 0 Å². The second kappa shape index (κ2) is 4.76. The van der Waals surface area contributed by atoms with Gasteiger partial charge in [0, 0.05) is 12.0 Å². The molecule has 4 heteroatoms. The summed E-state index contributed by atoms with van der Waals surface area (Å²) in [6, 6.07) is 0.321. The van der Waals surface area contributed by atoms with E-state index in [0.717, 1.165) is 36.4 Å². The van der Waals surface area contributed by atoms with Crippen molar-refractivity contribution in [2.75, 3.05) is 0 Å². The standard InChI is InChI=1S/C12H19ClN2O/c1-8(2)15-12(11(13)7-14-15)9-4-3-5-10(16)6-9/h7-10,16H,3-6H2,1-2H3. The molecule has 0 spiro atoms. The highest BCUT2D eigenvalue weighted by molar-refractivity contribution is 6.31. The number of aromatic nitrogens is 2. The molecule has 1 aliphatic carbocycles. The maximum absolute atomic E-state index is 9.73. The molecule has 0 saturated heterocycles. The normalized spacial score (nSPS) is 26.3. The molecule has 3 nitrogen and oxygen atoms in total. The Kier molecular flexibility index (Phi) is 3.55. The first-order chi connectivity index (χ1) is 7.59. The number of aliphatic hydroxyl groups is 1. The summed E-state index contributed by atoms with van der Waals surface area (Å²) in [7, 11) is 0. The molecule has 0 aliphatic heterocycles. The third-order valence-corrected chi connectivity index (χ3v) is 3.60. The molecule has 2 unspecified atom stereocenters. The molecular formula is C12H19ClN2O. The Labute approximate surface area is 101 Å². The zero-order chi connectivity index (χ0) is 11.7. The predicted octanol–water partition coefficient (Wildman–Crippen LogP) is 3.14. The van der Waals surface area contributed by atoms with Gasteiger partial charge in [0.25, 0.3) is 0 Å². The number of nitrogens with zero attached hydrogens (tertiary/aromatic N) is 2. The quantitative estimate of drug-likeness (QED) is 0.865. The van der Waals surface area contributed by atoms with Crippen LogP contribution in [0.15, 0.2) is 6.20 Å². The molecule has 16 heavy (non-hydrogen) atoms. The Bertz CT molecular complexity index is 362. The van der Waals surface area contributed by atoms with Gasteiger partial charge in [-0.05, 0) is 33.1 Å². The highest BCUT2D eigenvalue weighted by Gasteiger charge is 2.27. The molecule has 1 saturated carbocycles. The Hall–Kier alpha value is -0.540. The van der Waals surface area contributed by atoms with Gasteiger partial charge >= 0.3 is 0 Å². The second-order valence-corrected chi connectivity index (χ2v) is 5.34. The van der Waals surface area contributed by atoms with E-state index < -0.39 is 0 Å². The van der Waals surface area contributed by atoms with Gasteiger partial charge in [-0.1, -0.05) is 18.0 Å². The highest BCUT2D eigenvalue weighted by atomic mass is 35.5. The summed E-state index contributed by atoms with van der Waals surface area (Å²) >= 11 is 6.21. The van der Waals surface area contributed by atoms with Crippen LogP contribution in [-0.2, 0) is 0 Å². The smallest absolute Gasteiger partial charge is 0.0820 e. The lowest BCUT2D eigenvalue weighted by Crippen LogP contribution is -2.21. The van der Waals surface area contributed by atoms with E-state index in [0.29, 0.717) is 12.0 Å². The highest BCUT2D eigenvalue weighted by Crippen LogP contribution is 2.37. The number of hydrogen-bond donors (Lipinski definition) is 1. The maximum Gasteiger partial charge on any atom is 0.0820 e. The van der Waals surface area contributed by atoms with Crippen molar-refractivity contribution in [3.05, 3.63) is 16.9 Å². The molecule has 0 radical (unpaired) electrons. The van der Waals surface area contributed by atoms with Gasteiger partial charge in [-0.2, -0.15) is 5.10 Å². The van der Waals surface area contributed by atoms with Crippen LogP contribution in [0.3, 0.4) is 0 Å². The number of rotatable bonds is 2. The topological polar surface area (TPSA) is 38.0 Å². The largest absolute Gasteiger partial charge is 0.393 e. The molecule has 0 amide bonds. The molecule has 1 aromatic rings. The van der Waals surface area contributed by atoms with Crippen LogP contribution in [0.25, 0.3) is 0 Å². The lowest BCUT2D eigenvalue weighted by atomic mass is 9.85. The first-order valence-corrected chi connectivity index (χ1v) is 6.38. The third-order valence-electron chi connectivity index (χ3n) is 3.31. The van der Waals surface area contributed by atoms with Crippen LogP contribution in [0.5, 0.6) is 0 Å². The first-order valence-electron chi connectivity index (χ1n) is 6.00. The van der Waals surface area contributed by atoms with Gasteiger partial charge < -0.3 is 5.11 Å². The van der Waals surface area contributed by atoms with Gasteiger partial charge in [0.2, 0.25) is 0 Å². The fraction of sp³-hybridized carbons (Fsp3) is 0.750. The second-order valence-electron chi connectivity index (χ2n) is 4.93. The van der Waals surface area contributed by atoms with Gasteiger partial charge in [0.1, 0.15) is 0 Å². The molecule has 1 N–H and O–H groups in total. The summed E-state index contributed by atoms with van der Waals surface area (Å²) in [4.78, 5) is 0. The Morgan fingerprint density at radius 2 is 2.25 bits per heavy atom. The average Bonchev–Trinajstić information content (AvgIpc) is 2.60. The fourth-order valence-corrected chi connectivity index (χ4v) is 2.84. The van der Waals surface area contributed by atoms with Crippen molar-refractivity contribution in [2.24, 2.45) is 0 Å². The summed E-state index contributed by atoms with van der Waals surface area (Å²) in [5, 5.41) is 14.8. The molecule has 1 aliphatic rings. The minimum absolute atomic E-state index is 0.176. The monoisotopic (exact) mass is 242 g/mol. The minimum Gasteiger partial charge on any atom is -0.393 e. The van der Waals surface area contributed by atoms with Gasteiger partial charge in [-0.15, -0.1) is 0 Å². The van der Waals surface area contributed by atoms with E-state index >= 15 is 0 Å². The Balaban J connectivity index is 2.27. The van der Waals surface area contributed by atoms with Crippen molar-refractivity contribution >= 4 is 11.6 Å². The molecule has 2 atom stereocenters. The summed E-state index contributed by atoms with van der Waals surface area (Å²) in [6.07, 6.45) is 5.46. The Morgan fingerprint density at radius 1 is 1.50 bits per heavy atom. The first kappa shape index (κ1) is 11.9. The van der Waals surface area contributed by atoms with Crippen molar-refractivity contribution in [1.82, 2.24) is 9.78 Å². The van der Waals surface area contributed by atoms with Crippen molar-refractivity contribution in [1.29, 1.82) is 0 Å². The zero-order valence-corrected chi connectivity index (χ0v) is 10.6. The Morgan fingerprint density at radius 3 is 2.88 bits per heavy atom. The van der Waals surface area contributed by atoms with Crippen molar-refractivity contribution < 1.29 is 5.11 Å². The van der Waals surface area contributed by atoms with Gasteiger partial charge in [0.05, 0.1) is 23.0 Å². The van der Waals surface area contributed by atoms with Crippen molar-refractivity contribution in [3.63, 3.8) is 0 Å². The third kappa shape index (κ3) is 2.25. The van der Waals surface area contributed by atoms with Gasteiger partial charge in [0.15, 0.2) is 0 Å². The summed E-state index contributed by atoms with van der Waals surface area (Å²) < 4.78 is 1.99. The number of aliphatic hydroxyl groups excluding tert-OH is 1. The number of hydrogen-bond acceptors (Lipinski definition) is 2. The van der Waals surface area contributed by atoms with Crippen LogP contribution in [0, 0.1) is 0 Å². The molecule has 2 rings (SSSR count). The van der Waals surface area contributed by atoms with Crippen LogP contribution < -0.4 is 0 Å². The average molecular weight is 243 g/mol. The summed E-state index contributed by atoms with van der Waals surface area (Å²) in [6.45, 7) is 4.21. The van der Waals surface area contributed by atoms with E-state index in [9.17, 15) is 5.11 Å². The predicted molar refractivity (Wildman–Crippen MR) is 64.8 cm³/mol. The molecule has 0 aromatic carbocycles. The van der Waals surface area contributed by atoms with E-state index in [2.05, 4.69) is 18.9 Å². The van der Waals surface area contributed by atoms with E-state index in [1.54, 1.807) is 6.20 Å². The minimum atomic E-state index is -0.176. The van der Waals surface area contributed by atoms with E-state index in [1.165, 1.54) is 0 Å². The lowest BCUT2D eigenvalue weighted by molar-refractivity contribution is 0.117. The summed E-state index contributed by atoms with van der Waals surface area (Å²) in [5.74, 6) is 0.362. The van der Waals surface area contributed by atoms with Gasteiger partial charge in [-0.25, -0.2) is 0 Å².